The third kappa shape index (κ3) is 4.00. The lowest BCUT2D eigenvalue weighted by Crippen LogP contribution is -2.46. The second kappa shape index (κ2) is 8.08. The van der Waals surface area contributed by atoms with E-state index >= 15 is 0 Å². The van der Waals surface area contributed by atoms with E-state index in [-0.39, 0.29) is 4.90 Å². The van der Waals surface area contributed by atoms with Gasteiger partial charge < -0.3 is 14.0 Å². The van der Waals surface area contributed by atoms with Crippen LogP contribution in [0.25, 0.3) is 0 Å². The maximum atomic E-state index is 13.4. The first-order valence-electron chi connectivity index (χ1n) is 9.39. The van der Waals surface area contributed by atoms with E-state index in [1.807, 2.05) is 0 Å². The van der Waals surface area contributed by atoms with Crippen molar-refractivity contribution >= 4 is 10.0 Å². The van der Waals surface area contributed by atoms with Crippen molar-refractivity contribution in [2.75, 3.05) is 14.2 Å². The number of rotatable bonds is 6. The van der Waals surface area contributed by atoms with Crippen molar-refractivity contribution in [3.8, 4) is 11.5 Å². The molecular weight excluding hydrogens is 382 g/mol. The maximum absolute atomic E-state index is 13.4. The summed E-state index contributed by atoms with van der Waals surface area (Å²) in [6.45, 7) is 3.43. The predicted molar refractivity (Wildman–Crippen MR) is 103 cm³/mol. The van der Waals surface area contributed by atoms with Gasteiger partial charge in [-0.25, -0.2) is 8.42 Å². The van der Waals surface area contributed by atoms with Crippen LogP contribution in [0.2, 0.25) is 0 Å². The van der Waals surface area contributed by atoms with Gasteiger partial charge in [0.15, 0.2) is 17.3 Å². The smallest absolute Gasteiger partial charge is 0.241 e. The summed E-state index contributed by atoms with van der Waals surface area (Å²) in [7, 11) is -0.874. The molecule has 0 spiro atoms. The van der Waals surface area contributed by atoms with E-state index < -0.39 is 15.6 Å². The van der Waals surface area contributed by atoms with Crippen LogP contribution in [0.15, 0.2) is 21.6 Å². The fourth-order valence-electron chi connectivity index (χ4n) is 3.76. The van der Waals surface area contributed by atoms with Gasteiger partial charge in [-0.1, -0.05) is 30.8 Å². The molecule has 3 rings (SSSR count). The zero-order valence-electron chi connectivity index (χ0n) is 16.7. The summed E-state index contributed by atoms with van der Waals surface area (Å²) >= 11 is 0. The Morgan fingerprint density at radius 1 is 1.04 bits per heavy atom. The number of methoxy groups -OCH3 is 2. The molecule has 1 aromatic carbocycles. The molecule has 1 fully saturated rings. The maximum Gasteiger partial charge on any atom is 0.241 e. The lowest BCUT2D eigenvalue weighted by molar-refractivity contribution is 0.301. The van der Waals surface area contributed by atoms with Gasteiger partial charge in [-0.05, 0) is 31.4 Å². The molecule has 0 radical (unpaired) electrons. The second-order valence-electron chi connectivity index (χ2n) is 7.21. The Labute approximate surface area is 165 Å². The first kappa shape index (κ1) is 20.6. The Morgan fingerprint density at radius 3 is 2.18 bits per heavy atom. The lowest BCUT2D eigenvalue weighted by Gasteiger charge is -2.30. The largest absolute Gasteiger partial charge is 0.493 e. The average molecular weight is 410 g/mol. The monoisotopic (exact) mass is 409 g/mol. The first-order valence-corrected chi connectivity index (χ1v) is 10.9. The number of aromatic nitrogens is 2. The van der Waals surface area contributed by atoms with Crippen LogP contribution in [0.5, 0.6) is 11.5 Å². The second-order valence-corrected chi connectivity index (χ2v) is 8.86. The van der Waals surface area contributed by atoms with Gasteiger partial charge in [0, 0.05) is 13.0 Å². The molecule has 1 N–H and O–H groups in total. The molecule has 0 amide bonds. The van der Waals surface area contributed by atoms with Gasteiger partial charge in [-0.15, -0.1) is 0 Å². The summed E-state index contributed by atoms with van der Waals surface area (Å²) in [6, 6.07) is 3.15. The van der Waals surface area contributed by atoms with Crippen molar-refractivity contribution in [1.82, 2.24) is 14.9 Å². The SMILES string of the molecule is COc1cc(C)c(S(=O)(=O)NC2(c3noc(C)n3)CCCCCC2)cc1OC. The molecule has 1 aliphatic carbocycles. The van der Waals surface area contributed by atoms with Crippen molar-refractivity contribution in [3.63, 3.8) is 0 Å². The molecule has 28 heavy (non-hydrogen) atoms. The molecule has 0 aliphatic heterocycles. The van der Waals surface area contributed by atoms with E-state index in [4.69, 9.17) is 14.0 Å². The van der Waals surface area contributed by atoms with Crippen LogP contribution in [-0.2, 0) is 15.6 Å². The van der Waals surface area contributed by atoms with Gasteiger partial charge >= 0.3 is 0 Å². The quantitative estimate of drug-likeness (QED) is 0.731. The average Bonchev–Trinajstić information content (AvgIpc) is 2.97. The van der Waals surface area contributed by atoms with Crippen molar-refractivity contribution in [2.24, 2.45) is 0 Å². The summed E-state index contributed by atoms with van der Waals surface area (Å²) in [4.78, 5) is 4.51. The Morgan fingerprint density at radius 2 is 1.64 bits per heavy atom. The predicted octanol–water partition coefficient (Wildman–Crippen LogP) is 3.23. The first-order chi connectivity index (χ1) is 13.3. The molecule has 1 saturated carbocycles. The van der Waals surface area contributed by atoms with E-state index in [2.05, 4.69) is 14.9 Å². The van der Waals surface area contributed by atoms with Gasteiger partial charge in [0.05, 0.1) is 24.7 Å². The van der Waals surface area contributed by atoms with Crippen LogP contribution in [0.3, 0.4) is 0 Å². The zero-order valence-corrected chi connectivity index (χ0v) is 17.6. The third-order valence-corrected chi connectivity index (χ3v) is 6.89. The third-order valence-electron chi connectivity index (χ3n) is 5.21. The number of nitrogens with one attached hydrogen (secondary N) is 1. The molecule has 0 saturated heterocycles. The normalized spacial score (nSPS) is 17.1. The van der Waals surface area contributed by atoms with Crippen molar-refractivity contribution < 1.29 is 22.4 Å². The van der Waals surface area contributed by atoms with Gasteiger partial charge in [0.2, 0.25) is 15.9 Å². The minimum Gasteiger partial charge on any atom is -0.493 e. The summed E-state index contributed by atoms with van der Waals surface area (Å²) in [5, 5.41) is 4.06. The molecule has 2 aromatic rings. The minimum absolute atomic E-state index is 0.147. The Kier molecular flexibility index (Phi) is 5.95. The van der Waals surface area contributed by atoms with Crippen molar-refractivity contribution in [3.05, 3.63) is 29.4 Å². The summed E-state index contributed by atoms with van der Waals surface area (Å²) in [5.74, 6) is 1.66. The molecule has 0 unspecified atom stereocenters. The Balaban J connectivity index is 2.05. The summed E-state index contributed by atoms with van der Waals surface area (Å²) < 4.78 is 45.4. The van der Waals surface area contributed by atoms with E-state index in [1.165, 1.54) is 20.3 Å². The highest BCUT2D eigenvalue weighted by molar-refractivity contribution is 7.89. The van der Waals surface area contributed by atoms with Crippen molar-refractivity contribution in [2.45, 2.75) is 62.8 Å². The van der Waals surface area contributed by atoms with Crippen LogP contribution in [0, 0.1) is 13.8 Å². The van der Waals surface area contributed by atoms with Crippen LogP contribution >= 0.6 is 0 Å². The number of hydrogen-bond acceptors (Lipinski definition) is 7. The number of sulfonamides is 1. The van der Waals surface area contributed by atoms with Gasteiger partial charge in [-0.3, -0.25) is 0 Å². The molecule has 1 aromatic heterocycles. The molecule has 0 bridgehead atoms. The fraction of sp³-hybridized carbons (Fsp3) is 0.579. The topological polar surface area (TPSA) is 104 Å². The van der Waals surface area contributed by atoms with Gasteiger partial charge in [0.1, 0.15) is 0 Å². The molecule has 8 nitrogen and oxygen atoms in total. The van der Waals surface area contributed by atoms with Crippen LogP contribution in [0.1, 0.15) is 55.8 Å². The lowest BCUT2D eigenvalue weighted by atomic mass is 9.91. The number of nitrogens with zero attached hydrogens (tertiary/aromatic N) is 2. The van der Waals surface area contributed by atoms with Crippen molar-refractivity contribution in [1.29, 1.82) is 0 Å². The van der Waals surface area contributed by atoms with Crippen LogP contribution in [-0.4, -0.2) is 32.8 Å². The molecule has 1 aliphatic rings. The number of benzene rings is 1. The van der Waals surface area contributed by atoms with E-state index in [0.29, 0.717) is 41.6 Å². The Bertz CT molecular complexity index is 931. The standard InChI is InChI=1S/C19H27N3O5S/c1-13-11-15(25-3)16(26-4)12-17(13)28(23,24)22-19(9-7-5-6-8-10-19)18-20-14(2)27-21-18/h11-12,22H,5-10H2,1-4H3. The highest BCUT2D eigenvalue weighted by Gasteiger charge is 2.41. The number of hydrogen-bond donors (Lipinski definition) is 1. The van der Waals surface area contributed by atoms with Gasteiger partial charge in [-0.2, -0.15) is 9.71 Å². The fourth-order valence-corrected chi connectivity index (χ4v) is 5.43. The molecular formula is C19H27N3O5S. The summed E-state index contributed by atoms with van der Waals surface area (Å²) in [6.07, 6.45) is 5.13. The molecule has 1 heterocycles. The number of ether oxygens (including phenoxy) is 2. The van der Waals surface area contributed by atoms with Crippen LogP contribution in [0.4, 0.5) is 0 Å². The molecule has 9 heteroatoms. The van der Waals surface area contributed by atoms with E-state index in [0.717, 1.165) is 25.7 Å². The zero-order chi connectivity index (χ0) is 20.4. The number of aryl methyl sites for hydroxylation is 2. The van der Waals surface area contributed by atoms with Crippen LogP contribution < -0.4 is 14.2 Å². The van der Waals surface area contributed by atoms with E-state index in [9.17, 15) is 8.42 Å². The van der Waals surface area contributed by atoms with E-state index in [1.54, 1.807) is 19.9 Å². The highest BCUT2D eigenvalue weighted by atomic mass is 32.2. The summed E-state index contributed by atoms with van der Waals surface area (Å²) in [5.41, 5.74) is -0.314. The molecule has 0 atom stereocenters. The molecule has 154 valence electrons. The highest BCUT2D eigenvalue weighted by Crippen LogP contribution is 2.38. The van der Waals surface area contributed by atoms with Gasteiger partial charge in [0.25, 0.3) is 0 Å². The Hall–Kier alpha value is -2.13. The minimum atomic E-state index is -3.87.